The molecule has 0 spiro atoms. The number of thiophene rings is 1. The molecule has 0 radical (unpaired) electrons. The van der Waals surface area contributed by atoms with E-state index in [1.54, 1.807) is 30.3 Å². The van der Waals surface area contributed by atoms with E-state index >= 15 is 0 Å². The van der Waals surface area contributed by atoms with Crippen molar-refractivity contribution in [3.05, 3.63) is 52.7 Å². The van der Waals surface area contributed by atoms with Crippen LogP contribution >= 0.6 is 11.3 Å². The molecule has 1 aliphatic rings. The summed E-state index contributed by atoms with van der Waals surface area (Å²) in [6.07, 6.45) is 3.39. The normalized spacial score (nSPS) is 15.9. The first-order valence-corrected chi connectivity index (χ1v) is 12.0. The number of aryl methyl sites for hydroxylation is 1. The number of nitrogens with zero attached hydrogens (tertiary/aromatic N) is 3. The molecule has 1 saturated heterocycles. The molecule has 34 heavy (non-hydrogen) atoms. The zero-order valence-electron chi connectivity index (χ0n) is 19.3. The van der Waals surface area contributed by atoms with Gasteiger partial charge in [-0.3, -0.25) is 14.6 Å². The number of amides is 2. The third-order valence-electron chi connectivity index (χ3n) is 6.58. The Kier molecular flexibility index (Phi) is 5.75. The molecular formula is C25H26N4O4S. The average molecular weight is 479 g/mol. The molecular weight excluding hydrogens is 452 g/mol. The van der Waals surface area contributed by atoms with E-state index in [0.29, 0.717) is 34.0 Å². The van der Waals surface area contributed by atoms with E-state index in [1.807, 2.05) is 36.7 Å². The highest BCUT2D eigenvalue weighted by Gasteiger charge is 2.30. The monoisotopic (exact) mass is 478 g/mol. The molecule has 1 aliphatic heterocycles. The fourth-order valence-corrected chi connectivity index (χ4v) is 5.70. The van der Waals surface area contributed by atoms with E-state index in [-0.39, 0.29) is 24.5 Å². The Bertz CT molecular complexity index is 1420. The molecule has 8 nitrogen and oxygen atoms in total. The van der Waals surface area contributed by atoms with Crippen LogP contribution in [-0.4, -0.2) is 57.6 Å². The van der Waals surface area contributed by atoms with Gasteiger partial charge in [0.2, 0.25) is 0 Å². The Labute approximate surface area is 200 Å². The van der Waals surface area contributed by atoms with Gasteiger partial charge in [-0.25, -0.2) is 0 Å². The number of nitrogens with one attached hydrogen (secondary N) is 1. The van der Waals surface area contributed by atoms with Crippen LogP contribution in [0.5, 0.6) is 11.5 Å². The first kappa shape index (κ1) is 22.4. The smallest absolute Gasteiger partial charge is 0.264 e. The maximum atomic E-state index is 13.1. The Hall–Kier alpha value is -3.43. The highest BCUT2D eigenvalue weighted by Crippen LogP contribution is 2.37. The SMILES string of the molecule is CNC(=O)c1c(C)n(C)c2cc(Oc3ccnc4cc(C(=O)N5CCCC5CO)sc34)ccc12. The molecule has 0 aliphatic carbocycles. The molecule has 0 saturated carbocycles. The zero-order chi connectivity index (χ0) is 24.0. The summed E-state index contributed by atoms with van der Waals surface area (Å²) in [4.78, 5) is 32.2. The van der Waals surface area contributed by atoms with Crippen LogP contribution in [0.3, 0.4) is 0 Å². The van der Waals surface area contributed by atoms with Gasteiger partial charge in [0.25, 0.3) is 11.8 Å². The highest BCUT2D eigenvalue weighted by molar-refractivity contribution is 7.21. The second-order valence-electron chi connectivity index (χ2n) is 8.49. The molecule has 0 bridgehead atoms. The predicted octanol–water partition coefficient (Wildman–Crippen LogP) is 3.85. The number of aliphatic hydroxyl groups is 1. The fraction of sp³-hybridized carbons (Fsp3) is 0.320. The van der Waals surface area contributed by atoms with Crippen molar-refractivity contribution in [1.29, 1.82) is 0 Å². The second kappa shape index (κ2) is 8.73. The van der Waals surface area contributed by atoms with Crippen LogP contribution in [0, 0.1) is 6.92 Å². The minimum absolute atomic E-state index is 0.0218. The Balaban J connectivity index is 1.49. The van der Waals surface area contributed by atoms with Crippen LogP contribution in [0.2, 0.25) is 0 Å². The van der Waals surface area contributed by atoms with Crippen LogP contribution in [0.25, 0.3) is 21.1 Å². The number of likely N-dealkylation sites (tertiary alicyclic amines) is 1. The minimum atomic E-state index is -0.124. The number of rotatable bonds is 5. The molecule has 1 atom stereocenters. The first-order valence-electron chi connectivity index (χ1n) is 11.2. The van der Waals surface area contributed by atoms with Gasteiger partial charge < -0.3 is 24.6 Å². The molecule has 2 N–H and O–H groups in total. The van der Waals surface area contributed by atoms with Crippen molar-refractivity contribution < 1.29 is 19.4 Å². The number of aliphatic hydroxyl groups excluding tert-OH is 1. The van der Waals surface area contributed by atoms with Crippen molar-refractivity contribution in [2.75, 3.05) is 20.2 Å². The van der Waals surface area contributed by atoms with Crippen molar-refractivity contribution in [2.45, 2.75) is 25.8 Å². The largest absolute Gasteiger partial charge is 0.456 e. The summed E-state index contributed by atoms with van der Waals surface area (Å²) in [5, 5.41) is 13.2. The summed E-state index contributed by atoms with van der Waals surface area (Å²) in [7, 11) is 3.55. The van der Waals surface area contributed by atoms with Gasteiger partial charge in [0.15, 0.2) is 0 Å². The lowest BCUT2D eigenvalue weighted by Crippen LogP contribution is -2.37. The lowest BCUT2D eigenvalue weighted by molar-refractivity contribution is 0.0682. The maximum Gasteiger partial charge on any atom is 0.264 e. The van der Waals surface area contributed by atoms with Crippen LogP contribution < -0.4 is 10.1 Å². The van der Waals surface area contributed by atoms with Gasteiger partial charge in [0.05, 0.1) is 38.8 Å². The summed E-state index contributed by atoms with van der Waals surface area (Å²) in [6.45, 7) is 2.55. The molecule has 3 aromatic heterocycles. The number of ether oxygens (including phenoxy) is 1. The summed E-state index contributed by atoms with van der Waals surface area (Å²) in [5.41, 5.74) is 3.12. The van der Waals surface area contributed by atoms with Crippen molar-refractivity contribution >= 4 is 44.3 Å². The van der Waals surface area contributed by atoms with Gasteiger partial charge in [-0.1, -0.05) is 0 Å². The Morgan fingerprint density at radius 2 is 2.12 bits per heavy atom. The number of pyridine rings is 1. The number of benzene rings is 1. The third-order valence-corrected chi connectivity index (χ3v) is 7.71. The molecule has 176 valence electrons. The van der Waals surface area contributed by atoms with E-state index in [4.69, 9.17) is 4.74 Å². The zero-order valence-corrected chi connectivity index (χ0v) is 20.1. The lowest BCUT2D eigenvalue weighted by atomic mass is 10.1. The molecule has 1 aromatic carbocycles. The maximum absolute atomic E-state index is 13.1. The summed E-state index contributed by atoms with van der Waals surface area (Å²) in [5.74, 6) is 1.05. The third kappa shape index (κ3) is 3.61. The standard InChI is InChI=1S/C25H26N4O4S/c1-14-22(24(31)26-2)17-7-6-16(11-19(17)28(14)3)33-20-8-9-27-18-12-21(34-23(18)20)25(32)29-10-4-5-15(29)13-30/h6-9,11-12,15,30H,4-5,10,13H2,1-3H3,(H,26,31). The average Bonchev–Trinajstić information content (AvgIpc) is 3.56. The minimum Gasteiger partial charge on any atom is -0.456 e. The number of fused-ring (bicyclic) bond motifs is 2. The van der Waals surface area contributed by atoms with E-state index in [0.717, 1.165) is 34.1 Å². The van der Waals surface area contributed by atoms with Crippen molar-refractivity contribution in [2.24, 2.45) is 7.05 Å². The van der Waals surface area contributed by atoms with E-state index < -0.39 is 0 Å². The number of hydrogen-bond acceptors (Lipinski definition) is 6. The van der Waals surface area contributed by atoms with Gasteiger partial charge in [-0.15, -0.1) is 11.3 Å². The number of hydrogen-bond donors (Lipinski definition) is 2. The van der Waals surface area contributed by atoms with E-state index in [2.05, 4.69) is 10.3 Å². The van der Waals surface area contributed by atoms with Crippen LogP contribution in [0.1, 0.15) is 38.6 Å². The second-order valence-corrected chi connectivity index (χ2v) is 9.54. The Morgan fingerprint density at radius 1 is 1.29 bits per heavy atom. The molecule has 4 heterocycles. The highest BCUT2D eigenvalue weighted by atomic mass is 32.1. The number of aromatic nitrogens is 2. The summed E-state index contributed by atoms with van der Waals surface area (Å²) >= 11 is 1.35. The van der Waals surface area contributed by atoms with Gasteiger partial charge in [-0.2, -0.15) is 0 Å². The Morgan fingerprint density at radius 3 is 2.88 bits per heavy atom. The van der Waals surface area contributed by atoms with E-state index in [9.17, 15) is 14.7 Å². The topological polar surface area (TPSA) is 96.7 Å². The lowest BCUT2D eigenvalue weighted by Gasteiger charge is -2.22. The molecule has 1 fully saturated rings. The van der Waals surface area contributed by atoms with Crippen LogP contribution in [-0.2, 0) is 7.05 Å². The van der Waals surface area contributed by atoms with Gasteiger partial charge >= 0.3 is 0 Å². The van der Waals surface area contributed by atoms with E-state index in [1.165, 1.54) is 11.3 Å². The first-order chi connectivity index (χ1) is 16.4. The van der Waals surface area contributed by atoms with Crippen molar-refractivity contribution in [1.82, 2.24) is 19.8 Å². The molecule has 1 unspecified atom stereocenters. The van der Waals surface area contributed by atoms with Crippen molar-refractivity contribution in [3.63, 3.8) is 0 Å². The fourth-order valence-electron chi connectivity index (χ4n) is 4.68. The number of carbonyl (C=O) groups excluding carboxylic acids is 2. The number of carbonyl (C=O) groups is 2. The van der Waals surface area contributed by atoms with Gasteiger partial charge in [-0.05, 0) is 38.0 Å². The quantitative estimate of drug-likeness (QED) is 0.454. The molecule has 4 aromatic rings. The molecule has 5 rings (SSSR count). The molecule has 9 heteroatoms. The van der Waals surface area contributed by atoms with Crippen LogP contribution in [0.15, 0.2) is 36.5 Å². The summed E-state index contributed by atoms with van der Waals surface area (Å²) < 4.78 is 9.01. The van der Waals surface area contributed by atoms with Gasteiger partial charge in [0, 0.05) is 50.0 Å². The van der Waals surface area contributed by atoms with Gasteiger partial charge in [0.1, 0.15) is 11.5 Å². The van der Waals surface area contributed by atoms with Crippen LogP contribution in [0.4, 0.5) is 0 Å². The predicted molar refractivity (Wildman–Crippen MR) is 132 cm³/mol. The van der Waals surface area contributed by atoms with Crippen molar-refractivity contribution in [3.8, 4) is 11.5 Å². The summed E-state index contributed by atoms with van der Waals surface area (Å²) in [6, 6.07) is 9.11. The molecule has 2 amide bonds.